The van der Waals surface area contributed by atoms with Crippen molar-refractivity contribution in [2.75, 3.05) is 20.7 Å². The number of hydrogen-bond acceptors (Lipinski definition) is 3. The number of nitrogens with zero attached hydrogens (tertiary/aromatic N) is 1. The molecule has 0 spiro atoms. The van der Waals surface area contributed by atoms with Gasteiger partial charge in [-0.05, 0) is 29.8 Å². The average molecular weight is 312 g/mol. The highest BCUT2D eigenvalue weighted by atomic mass is 16.5. The van der Waals surface area contributed by atoms with Crippen LogP contribution in [0.5, 0.6) is 5.75 Å². The van der Waals surface area contributed by atoms with Crippen LogP contribution < -0.4 is 10.1 Å². The van der Waals surface area contributed by atoms with Crippen LogP contribution in [0.3, 0.4) is 0 Å². The lowest BCUT2D eigenvalue weighted by Crippen LogP contribution is -2.37. The number of ether oxygens (including phenoxy) is 1. The Morgan fingerprint density at radius 3 is 2.30 bits per heavy atom. The van der Waals surface area contributed by atoms with E-state index in [0.29, 0.717) is 12.1 Å². The molecule has 0 saturated heterocycles. The number of carbonyl (C=O) groups excluding carboxylic acids is 2. The number of hydrogen-bond donors (Lipinski definition) is 1. The van der Waals surface area contributed by atoms with Gasteiger partial charge in [-0.3, -0.25) is 9.59 Å². The second-order valence-corrected chi connectivity index (χ2v) is 5.15. The molecule has 23 heavy (non-hydrogen) atoms. The smallest absolute Gasteiger partial charge is 0.251 e. The van der Waals surface area contributed by atoms with E-state index >= 15 is 0 Å². The Labute approximate surface area is 135 Å². The molecule has 0 aliphatic heterocycles. The predicted octanol–water partition coefficient (Wildman–Crippen LogP) is 2.08. The number of rotatable bonds is 6. The summed E-state index contributed by atoms with van der Waals surface area (Å²) in [5.74, 6) is 0.375. The molecule has 0 aliphatic carbocycles. The maximum Gasteiger partial charge on any atom is 0.251 e. The van der Waals surface area contributed by atoms with E-state index < -0.39 is 0 Å². The summed E-state index contributed by atoms with van der Waals surface area (Å²) >= 11 is 0. The van der Waals surface area contributed by atoms with Gasteiger partial charge < -0.3 is 15.0 Å². The monoisotopic (exact) mass is 312 g/mol. The Kier molecular flexibility index (Phi) is 5.74. The lowest BCUT2D eigenvalue weighted by molar-refractivity contribution is -0.129. The molecular weight excluding hydrogens is 292 g/mol. The standard InChI is InChI=1S/C18H20N2O3/c1-20(13-14-8-10-16(23-2)11-9-14)17(21)12-19-18(22)15-6-4-3-5-7-15/h3-11H,12-13H2,1-2H3,(H,19,22). The third-order valence-electron chi connectivity index (χ3n) is 3.44. The summed E-state index contributed by atoms with van der Waals surface area (Å²) in [6.45, 7) is 0.449. The summed E-state index contributed by atoms with van der Waals surface area (Å²) in [4.78, 5) is 25.6. The Morgan fingerprint density at radius 1 is 1.04 bits per heavy atom. The second kappa shape index (κ2) is 7.98. The summed E-state index contributed by atoms with van der Waals surface area (Å²) in [7, 11) is 3.32. The van der Waals surface area contributed by atoms with Gasteiger partial charge in [0.25, 0.3) is 5.91 Å². The van der Waals surface area contributed by atoms with Crippen molar-refractivity contribution in [3.8, 4) is 5.75 Å². The fraction of sp³-hybridized carbons (Fsp3) is 0.222. The summed E-state index contributed by atoms with van der Waals surface area (Å²) in [6, 6.07) is 16.3. The molecule has 120 valence electrons. The fourth-order valence-electron chi connectivity index (χ4n) is 2.08. The fourth-order valence-corrected chi connectivity index (χ4v) is 2.08. The minimum absolute atomic E-state index is 0.0274. The van der Waals surface area contributed by atoms with Crippen molar-refractivity contribution < 1.29 is 14.3 Å². The van der Waals surface area contributed by atoms with Crippen LogP contribution in [-0.2, 0) is 11.3 Å². The number of methoxy groups -OCH3 is 1. The molecule has 5 heteroatoms. The molecule has 0 aromatic heterocycles. The van der Waals surface area contributed by atoms with Crippen molar-refractivity contribution in [1.29, 1.82) is 0 Å². The van der Waals surface area contributed by atoms with Crippen molar-refractivity contribution in [3.63, 3.8) is 0 Å². The zero-order valence-corrected chi connectivity index (χ0v) is 13.3. The molecule has 0 atom stereocenters. The highest BCUT2D eigenvalue weighted by Crippen LogP contribution is 2.12. The molecule has 0 saturated carbocycles. The van der Waals surface area contributed by atoms with Gasteiger partial charge in [0.2, 0.25) is 5.91 Å². The number of nitrogens with one attached hydrogen (secondary N) is 1. The molecule has 0 fully saturated rings. The van der Waals surface area contributed by atoms with E-state index in [9.17, 15) is 9.59 Å². The van der Waals surface area contributed by atoms with Crippen molar-refractivity contribution >= 4 is 11.8 Å². The van der Waals surface area contributed by atoms with Gasteiger partial charge in [-0.2, -0.15) is 0 Å². The quantitative estimate of drug-likeness (QED) is 0.888. The van der Waals surface area contributed by atoms with E-state index in [1.807, 2.05) is 30.3 Å². The first-order valence-electron chi connectivity index (χ1n) is 7.30. The van der Waals surface area contributed by atoms with E-state index in [0.717, 1.165) is 11.3 Å². The summed E-state index contributed by atoms with van der Waals surface area (Å²) in [5, 5.41) is 2.63. The lowest BCUT2D eigenvalue weighted by Gasteiger charge is -2.18. The van der Waals surface area contributed by atoms with Crippen molar-refractivity contribution in [3.05, 3.63) is 65.7 Å². The zero-order chi connectivity index (χ0) is 16.7. The number of carbonyl (C=O) groups is 2. The first-order valence-corrected chi connectivity index (χ1v) is 7.30. The Morgan fingerprint density at radius 2 is 1.70 bits per heavy atom. The Bertz CT molecular complexity index is 654. The summed E-state index contributed by atoms with van der Waals surface area (Å²) in [5.41, 5.74) is 1.54. The highest BCUT2D eigenvalue weighted by Gasteiger charge is 2.12. The largest absolute Gasteiger partial charge is 0.497 e. The van der Waals surface area contributed by atoms with Crippen molar-refractivity contribution in [1.82, 2.24) is 10.2 Å². The van der Waals surface area contributed by atoms with Crippen LogP contribution in [0.2, 0.25) is 0 Å². The molecule has 0 radical (unpaired) electrons. The molecule has 1 N–H and O–H groups in total. The van der Waals surface area contributed by atoms with E-state index in [1.54, 1.807) is 43.3 Å². The van der Waals surface area contributed by atoms with Gasteiger partial charge in [-0.15, -0.1) is 0 Å². The SMILES string of the molecule is COc1ccc(CN(C)C(=O)CNC(=O)c2ccccc2)cc1. The molecule has 0 unspecified atom stereocenters. The first kappa shape index (κ1) is 16.5. The number of benzene rings is 2. The highest BCUT2D eigenvalue weighted by molar-refractivity contribution is 5.96. The summed E-state index contributed by atoms with van der Waals surface area (Å²) < 4.78 is 5.10. The molecule has 2 aromatic rings. The summed E-state index contributed by atoms with van der Waals surface area (Å²) in [6.07, 6.45) is 0. The van der Waals surface area contributed by atoms with Crippen LogP contribution >= 0.6 is 0 Å². The van der Waals surface area contributed by atoms with Gasteiger partial charge in [0.1, 0.15) is 5.75 Å². The van der Waals surface area contributed by atoms with Gasteiger partial charge in [0.15, 0.2) is 0 Å². The Balaban J connectivity index is 1.83. The van der Waals surface area contributed by atoms with Crippen LogP contribution in [-0.4, -0.2) is 37.4 Å². The molecule has 2 aromatic carbocycles. The molecule has 2 rings (SSSR count). The van der Waals surface area contributed by atoms with Crippen LogP contribution in [0.1, 0.15) is 15.9 Å². The molecular formula is C18H20N2O3. The van der Waals surface area contributed by atoms with Crippen LogP contribution in [0.4, 0.5) is 0 Å². The van der Waals surface area contributed by atoms with Gasteiger partial charge in [-0.25, -0.2) is 0 Å². The maximum absolute atomic E-state index is 12.1. The number of amides is 2. The van der Waals surface area contributed by atoms with Gasteiger partial charge in [0.05, 0.1) is 13.7 Å². The van der Waals surface area contributed by atoms with Crippen LogP contribution in [0, 0.1) is 0 Å². The van der Waals surface area contributed by atoms with E-state index in [2.05, 4.69) is 5.32 Å². The maximum atomic E-state index is 12.1. The molecule has 0 bridgehead atoms. The van der Waals surface area contributed by atoms with Crippen molar-refractivity contribution in [2.24, 2.45) is 0 Å². The van der Waals surface area contributed by atoms with E-state index in [-0.39, 0.29) is 18.4 Å². The molecule has 5 nitrogen and oxygen atoms in total. The van der Waals surface area contributed by atoms with Gasteiger partial charge in [-0.1, -0.05) is 30.3 Å². The molecule has 0 aliphatic rings. The minimum atomic E-state index is -0.253. The lowest BCUT2D eigenvalue weighted by atomic mass is 10.2. The normalized spacial score (nSPS) is 10.0. The van der Waals surface area contributed by atoms with Crippen LogP contribution in [0.15, 0.2) is 54.6 Å². The van der Waals surface area contributed by atoms with Gasteiger partial charge in [0, 0.05) is 19.2 Å². The minimum Gasteiger partial charge on any atom is -0.497 e. The van der Waals surface area contributed by atoms with Gasteiger partial charge >= 0.3 is 0 Å². The zero-order valence-electron chi connectivity index (χ0n) is 13.3. The van der Waals surface area contributed by atoms with Crippen molar-refractivity contribution in [2.45, 2.75) is 6.54 Å². The first-order chi connectivity index (χ1) is 11.1. The predicted molar refractivity (Wildman–Crippen MR) is 88.2 cm³/mol. The second-order valence-electron chi connectivity index (χ2n) is 5.15. The van der Waals surface area contributed by atoms with Crippen LogP contribution in [0.25, 0.3) is 0 Å². The number of likely N-dealkylation sites (N-methyl/N-ethyl adjacent to an activating group) is 1. The third-order valence-corrected chi connectivity index (χ3v) is 3.44. The van der Waals surface area contributed by atoms with E-state index in [1.165, 1.54) is 0 Å². The third kappa shape index (κ3) is 4.85. The molecule has 0 heterocycles. The molecule has 2 amide bonds. The Hall–Kier alpha value is -2.82. The topological polar surface area (TPSA) is 58.6 Å². The van der Waals surface area contributed by atoms with E-state index in [4.69, 9.17) is 4.74 Å². The average Bonchev–Trinajstić information content (AvgIpc) is 2.60.